The number of carbonyl (C=O) groups excluding carboxylic acids is 1. The molecule has 0 atom stereocenters. The molecule has 1 N–H and O–H groups in total. The zero-order chi connectivity index (χ0) is 20.2. The molecule has 0 unspecified atom stereocenters. The van der Waals surface area contributed by atoms with Crippen LogP contribution in [0.3, 0.4) is 0 Å². The highest BCUT2D eigenvalue weighted by molar-refractivity contribution is 5.98. The van der Waals surface area contributed by atoms with Crippen molar-refractivity contribution in [1.82, 2.24) is 15.2 Å². The zero-order valence-corrected chi connectivity index (χ0v) is 17.1. The van der Waals surface area contributed by atoms with Gasteiger partial charge in [-0.2, -0.15) is 0 Å². The molecule has 0 radical (unpaired) electrons. The Morgan fingerprint density at radius 2 is 1.86 bits per heavy atom. The fourth-order valence-electron chi connectivity index (χ4n) is 3.94. The summed E-state index contributed by atoms with van der Waals surface area (Å²) >= 11 is 0. The van der Waals surface area contributed by atoms with Gasteiger partial charge in [-0.3, -0.25) is 14.7 Å². The molecule has 1 aromatic heterocycles. The summed E-state index contributed by atoms with van der Waals surface area (Å²) in [5.74, 6) is 0.667. The number of rotatable bonds is 6. The molecule has 150 valence electrons. The summed E-state index contributed by atoms with van der Waals surface area (Å²) in [7, 11) is 1.64. The molecular formula is C24H27N3O2. The van der Waals surface area contributed by atoms with Gasteiger partial charge in [-0.15, -0.1) is 0 Å². The average molecular weight is 389 g/mol. The molecule has 0 bridgehead atoms. The number of fused-ring (bicyclic) bond motifs is 1. The van der Waals surface area contributed by atoms with Crippen LogP contribution in [0.2, 0.25) is 0 Å². The van der Waals surface area contributed by atoms with Crippen molar-refractivity contribution in [2.75, 3.05) is 20.2 Å². The summed E-state index contributed by atoms with van der Waals surface area (Å²) < 4.78 is 5.26. The first-order valence-corrected chi connectivity index (χ1v) is 10.2. The van der Waals surface area contributed by atoms with Crippen molar-refractivity contribution in [3.63, 3.8) is 0 Å². The number of pyridine rings is 1. The predicted octanol–water partition coefficient (Wildman–Crippen LogP) is 4.08. The Morgan fingerprint density at radius 1 is 1.10 bits per heavy atom. The summed E-state index contributed by atoms with van der Waals surface area (Å²) in [5.41, 5.74) is 4.61. The highest BCUT2D eigenvalue weighted by Gasteiger charge is 2.15. The fourth-order valence-corrected chi connectivity index (χ4v) is 3.94. The Hall–Kier alpha value is -2.92. The summed E-state index contributed by atoms with van der Waals surface area (Å²) in [6.45, 7) is 5.66. The topological polar surface area (TPSA) is 54.5 Å². The van der Waals surface area contributed by atoms with Crippen LogP contribution in [0.5, 0.6) is 5.75 Å². The van der Waals surface area contributed by atoms with E-state index in [4.69, 9.17) is 4.74 Å². The second-order valence-corrected chi connectivity index (χ2v) is 7.61. The van der Waals surface area contributed by atoms with Crippen LogP contribution in [-0.2, 0) is 13.1 Å². The maximum Gasteiger partial charge on any atom is 0.253 e. The Morgan fingerprint density at radius 3 is 2.62 bits per heavy atom. The van der Waals surface area contributed by atoms with Crippen LogP contribution < -0.4 is 10.1 Å². The van der Waals surface area contributed by atoms with Crippen molar-refractivity contribution in [2.45, 2.75) is 32.9 Å². The van der Waals surface area contributed by atoms with Gasteiger partial charge in [-0.25, -0.2) is 0 Å². The van der Waals surface area contributed by atoms with Gasteiger partial charge < -0.3 is 10.1 Å². The number of amides is 1. The van der Waals surface area contributed by atoms with Crippen molar-refractivity contribution in [2.24, 2.45) is 0 Å². The first kappa shape index (κ1) is 19.4. The minimum absolute atomic E-state index is 0.0938. The predicted molar refractivity (Wildman–Crippen MR) is 115 cm³/mol. The van der Waals surface area contributed by atoms with Crippen molar-refractivity contribution in [3.05, 3.63) is 70.9 Å². The van der Waals surface area contributed by atoms with Crippen molar-refractivity contribution in [3.8, 4) is 5.75 Å². The molecule has 0 spiro atoms. The number of nitrogens with one attached hydrogen (secondary N) is 1. The third-order valence-corrected chi connectivity index (χ3v) is 5.61. The quantitative estimate of drug-likeness (QED) is 0.690. The molecule has 0 saturated carbocycles. The van der Waals surface area contributed by atoms with Gasteiger partial charge in [0.25, 0.3) is 5.91 Å². The minimum atomic E-state index is -0.0938. The molecule has 0 aliphatic carbocycles. The first-order chi connectivity index (χ1) is 14.1. The van der Waals surface area contributed by atoms with Crippen LogP contribution in [-0.4, -0.2) is 36.0 Å². The van der Waals surface area contributed by atoms with Gasteiger partial charge >= 0.3 is 0 Å². The van der Waals surface area contributed by atoms with Crippen molar-refractivity contribution < 1.29 is 9.53 Å². The van der Waals surface area contributed by atoms with Crippen LogP contribution >= 0.6 is 0 Å². The number of benzene rings is 2. The Kier molecular flexibility index (Phi) is 5.76. The maximum atomic E-state index is 12.9. The first-order valence-electron chi connectivity index (χ1n) is 10.2. The van der Waals surface area contributed by atoms with Gasteiger partial charge in [-0.1, -0.05) is 24.3 Å². The van der Waals surface area contributed by atoms with E-state index >= 15 is 0 Å². The number of hydrogen-bond acceptors (Lipinski definition) is 4. The van der Waals surface area contributed by atoms with E-state index in [1.807, 2.05) is 37.3 Å². The highest BCUT2D eigenvalue weighted by Crippen LogP contribution is 2.22. The molecule has 1 amide bonds. The Bertz CT molecular complexity index is 1030. The van der Waals surface area contributed by atoms with E-state index in [2.05, 4.69) is 33.4 Å². The lowest BCUT2D eigenvalue weighted by Gasteiger charge is -2.18. The highest BCUT2D eigenvalue weighted by atomic mass is 16.5. The standard InChI is InChI=1S/C24H27N3O2/c1-17-22(13-18-9-10-21(29-2)14-23(18)26-17)24(28)25-15-19-7-3-4-8-20(19)16-27-11-5-6-12-27/h3-4,7-10,13-14H,5-6,11-12,15-16H2,1-2H3,(H,25,28). The van der Waals surface area contributed by atoms with E-state index in [0.29, 0.717) is 17.8 Å². The van der Waals surface area contributed by atoms with Crippen molar-refractivity contribution >= 4 is 16.8 Å². The smallest absolute Gasteiger partial charge is 0.253 e. The van der Waals surface area contributed by atoms with E-state index in [1.54, 1.807) is 7.11 Å². The second kappa shape index (κ2) is 8.62. The second-order valence-electron chi connectivity index (χ2n) is 7.61. The molecule has 1 saturated heterocycles. The monoisotopic (exact) mass is 389 g/mol. The van der Waals surface area contributed by atoms with Gasteiger partial charge in [0.2, 0.25) is 0 Å². The van der Waals surface area contributed by atoms with Crippen LogP contribution in [0.15, 0.2) is 48.5 Å². The zero-order valence-electron chi connectivity index (χ0n) is 17.1. The van der Waals surface area contributed by atoms with Crippen LogP contribution in [0.1, 0.15) is 40.0 Å². The molecule has 5 heteroatoms. The van der Waals surface area contributed by atoms with E-state index in [9.17, 15) is 4.79 Å². The molecule has 5 nitrogen and oxygen atoms in total. The molecule has 2 aromatic carbocycles. The van der Waals surface area contributed by atoms with E-state index in [-0.39, 0.29) is 5.91 Å². The fraction of sp³-hybridized carbons (Fsp3) is 0.333. The largest absolute Gasteiger partial charge is 0.497 e. The summed E-state index contributed by atoms with van der Waals surface area (Å²) in [5, 5.41) is 4.01. The summed E-state index contributed by atoms with van der Waals surface area (Å²) in [6.07, 6.45) is 2.55. The SMILES string of the molecule is COc1ccc2cc(C(=O)NCc3ccccc3CN3CCCC3)c(C)nc2c1. The van der Waals surface area contributed by atoms with E-state index in [1.165, 1.54) is 24.0 Å². The summed E-state index contributed by atoms with van der Waals surface area (Å²) in [4.78, 5) is 20.0. The number of aromatic nitrogens is 1. The molecule has 3 aromatic rings. The molecular weight excluding hydrogens is 362 g/mol. The maximum absolute atomic E-state index is 12.9. The molecule has 29 heavy (non-hydrogen) atoms. The van der Waals surface area contributed by atoms with Gasteiger partial charge in [0.05, 0.1) is 23.9 Å². The average Bonchev–Trinajstić information content (AvgIpc) is 3.25. The molecule has 1 fully saturated rings. The third kappa shape index (κ3) is 4.40. The number of nitrogens with zero attached hydrogens (tertiary/aromatic N) is 2. The van der Waals surface area contributed by atoms with Crippen molar-refractivity contribution in [1.29, 1.82) is 0 Å². The van der Waals surface area contributed by atoms with E-state index in [0.717, 1.165) is 36.3 Å². The number of carbonyl (C=O) groups is 1. The lowest BCUT2D eigenvalue weighted by molar-refractivity contribution is 0.0950. The molecule has 2 heterocycles. The normalized spacial score (nSPS) is 14.3. The van der Waals surface area contributed by atoms with Gasteiger partial charge in [0.1, 0.15) is 5.75 Å². The molecule has 1 aliphatic rings. The number of methoxy groups -OCH3 is 1. The van der Waals surface area contributed by atoms with Gasteiger partial charge in [0.15, 0.2) is 0 Å². The molecule has 4 rings (SSSR count). The Labute approximate surface area is 171 Å². The third-order valence-electron chi connectivity index (χ3n) is 5.61. The van der Waals surface area contributed by atoms with Gasteiger partial charge in [0, 0.05) is 24.5 Å². The van der Waals surface area contributed by atoms with Crippen LogP contribution in [0.4, 0.5) is 0 Å². The van der Waals surface area contributed by atoms with Gasteiger partial charge in [-0.05, 0) is 62.2 Å². The lowest BCUT2D eigenvalue weighted by Crippen LogP contribution is -2.25. The number of hydrogen-bond donors (Lipinski definition) is 1. The molecule has 1 aliphatic heterocycles. The minimum Gasteiger partial charge on any atom is -0.497 e. The lowest BCUT2D eigenvalue weighted by atomic mass is 10.1. The van der Waals surface area contributed by atoms with Crippen LogP contribution in [0.25, 0.3) is 10.9 Å². The van der Waals surface area contributed by atoms with E-state index < -0.39 is 0 Å². The van der Waals surface area contributed by atoms with Crippen LogP contribution in [0, 0.1) is 6.92 Å². The number of likely N-dealkylation sites (tertiary alicyclic amines) is 1. The number of aryl methyl sites for hydroxylation is 1. The summed E-state index contributed by atoms with van der Waals surface area (Å²) in [6, 6.07) is 16.0. The Balaban J connectivity index is 1.49. The number of ether oxygens (including phenoxy) is 1.